The number of aromatic carboxylic acids is 1. The molecule has 1 amide bonds. The molecule has 0 bridgehead atoms. The van der Waals surface area contributed by atoms with Gasteiger partial charge in [-0.15, -0.1) is 0 Å². The van der Waals surface area contributed by atoms with Crippen LogP contribution in [0.3, 0.4) is 0 Å². The van der Waals surface area contributed by atoms with Gasteiger partial charge in [0.1, 0.15) is 0 Å². The molecule has 0 saturated heterocycles. The lowest BCUT2D eigenvalue weighted by Crippen LogP contribution is -2.21. The molecule has 19 heavy (non-hydrogen) atoms. The molecule has 1 aromatic rings. The van der Waals surface area contributed by atoms with Gasteiger partial charge in [-0.2, -0.15) is 0 Å². The highest BCUT2D eigenvalue weighted by molar-refractivity contribution is 6.01. The van der Waals surface area contributed by atoms with Crippen LogP contribution in [0.25, 0.3) is 0 Å². The van der Waals surface area contributed by atoms with E-state index >= 15 is 0 Å². The number of carboxylic acid groups (broad SMARTS) is 1. The number of carboxylic acids is 1. The van der Waals surface area contributed by atoms with E-state index in [1.807, 2.05) is 13.8 Å². The number of carbonyl (C=O) groups excluding carboxylic acids is 1. The van der Waals surface area contributed by atoms with E-state index in [2.05, 4.69) is 12.2 Å². The van der Waals surface area contributed by atoms with Crippen LogP contribution in [0.1, 0.15) is 49.0 Å². The Balaban J connectivity index is 2.81. The van der Waals surface area contributed by atoms with Gasteiger partial charge in [-0.3, -0.25) is 4.79 Å². The molecule has 0 aliphatic rings. The molecule has 0 radical (unpaired) electrons. The molecule has 0 aliphatic heterocycles. The van der Waals surface area contributed by atoms with E-state index in [9.17, 15) is 9.59 Å². The van der Waals surface area contributed by atoms with Gasteiger partial charge < -0.3 is 10.4 Å². The molecule has 4 heteroatoms. The quantitative estimate of drug-likeness (QED) is 0.826. The largest absolute Gasteiger partial charge is 0.478 e. The lowest BCUT2D eigenvalue weighted by Gasteiger charge is -2.13. The highest BCUT2D eigenvalue weighted by Gasteiger charge is 2.16. The van der Waals surface area contributed by atoms with Crippen LogP contribution in [0.2, 0.25) is 0 Å². The van der Waals surface area contributed by atoms with E-state index in [1.54, 1.807) is 18.2 Å². The Morgan fingerprint density at radius 3 is 2.63 bits per heavy atom. The molecule has 0 spiro atoms. The summed E-state index contributed by atoms with van der Waals surface area (Å²) in [5.41, 5.74) is 1.36. The van der Waals surface area contributed by atoms with Gasteiger partial charge in [0.2, 0.25) is 5.91 Å². The molecule has 1 rings (SSSR count). The summed E-state index contributed by atoms with van der Waals surface area (Å²) in [4.78, 5) is 23.1. The predicted octanol–water partition coefficient (Wildman–Crippen LogP) is 3.46. The van der Waals surface area contributed by atoms with E-state index < -0.39 is 5.97 Å². The summed E-state index contributed by atoms with van der Waals surface area (Å²) in [7, 11) is 0. The van der Waals surface area contributed by atoms with Crippen LogP contribution < -0.4 is 5.32 Å². The Bertz CT molecular complexity index is 468. The summed E-state index contributed by atoms with van der Waals surface area (Å²) in [6.07, 6.45) is 2.85. The average molecular weight is 263 g/mol. The third-order valence-corrected chi connectivity index (χ3v) is 3.10. The first-order valence-electron chi connectivity index (χ1n) is 6.60. The summed E-state index contributed by atoms with van der Waals surface area (Å²) < 4.78 is 0. The summed E-state index contributed by atoms with van der Waals surface area (Å²) in [5.74, 6) is -1.26. The number of anilines is 1. The van der Waals surface area contributed by atoms with Gasteiger partial charge in [-0.05, 0) is 25.5 Å². The number of hydrogen-bond acceptors (Lipinski definition) is 2. The molecule has 0 heterocycles. The first-order chi connectivity index (χ1) is 8.95. The number of benzene rings is 1. The number of carbonyl (C=O) groups is 2. The van der Waals surface area contributed by atoms with Crippen molar-refractivity contribution in [3.8, 4) is 0 Å². The first kappa shape index (κ1) is 15.2. The molecule has 1 atom stereocenters. The fourth-order valence-electron chi connectivity index (χ4n) is 1.84. The van der Waals surface area contributed by atoms with Crippen LogP contribution in [-0.4, -0.2) is 17.0 Å². The minimum Gasteiger partial charge on any atom is -0.478 e. The maximum Gasteiger partial charge on any atom is 0.337 e. The zero-order valence-corrected chi connectivity index (χ0v) is 11.7. The normalized spacial score (nSPS) is 11.9. The second kappa shape index (κ2) is 6.92. The summed E-state index contributed by atoms with van der Waals surface area (Å²) in [6, 6.07) is 5.00. The van der Waals surface area contributed by atoms with Crippen molar-refractivity contribution in [1.29, 1.82) is 0 Å². The number of unbranched alkanes of at least 4 members (excludes halogenated alkanes) is 1. The maximum absolute atomic E-state index is 12.0. The molecule has 104 valence electrons. The van der Waals surface area contributed by atoms with Crippen LogP contribution >= 0.6 is 0 Å². The second-order valence-electron chi connectivity index (χ2n) is 4.89. The third-order valence-electron chi connectivity index (χ3n) is 3.10. The molecular formula is C15H21NO3. The molecule has 1 unspecified atom stereocenters. The number of rotatable bonds is 6. The fraction of sp³-hybridized carbons (Fsp3) is 0.467. The van der Waals surface area contributed by atoms with Gasteiger partial charge in [-0.1, -0.05) is 38.3 Å². The second-order valence-corrected chi connectivity index (χ2v) is 4.89. The minimum absolute atomic E-state index is 0.108. The van der Waals surface area contributed by atoms with Gasteiger partial charge in [0.25, 0.3) is 0 Å². The number of aryl methyl sites for hydroxylation is 1. The van der Waals surface area contributed by atoms with Crippen LogP contribution in [-0.2, 0) is 4.79 Å². The minimum atomic E-state index is -1.03. The highest BCUT2D eigenvalue weighted by Crippen LogP contribution is 2.19. The molecular weight excluding hydrogens is 242 g/mol. The number of nitrogens with one attached hydrogen (secondary N) is 1. The van der Waals surface area contributed by atoms with Crippen molar-refractivity contribution >= 4 is 17.6 Å². The van der Waals surface area contributed by atoms with Crippen molar-refractivity contribution in [1.82, 2.24) is 0 Å². The molecule has 2 N–H and O–H groups in total. The summed E-state index contributed by atoms with van der Waals surface area (Å²) in [5, 5.41) is 11.8. The van der Waals surface area contributed by atoms with Gasteiger partial charge in [0.15, 0.2) is 0 Å². The lowest BCUT2D eigenvalue weighted by molar-refractivity contribution is -0.119. The SMILES string of the molecule is CCCCC(C)C(=O)Nc1ccc(C)cc1C(=O)O. The van der Waals surface area contributed by atoms with Crippen LogP contribution in [0.15, 0.2) is 18.2 Å². The van der Waals surface area contributed by atoms with Crippen molar-refractivity contribution < 1.29 is 14.7 Å². The van der Waals surface area contributed by atoms with Crippen molar-refractivity contribution in [3.63, 3.8) is 0 Å². The molecule has 0 fully saturated rings. The van der Waals surface area contributed by atoms with E-state index in [4.69, 9.17) is 5.11 Å². The van der Waals surface area contributed by atoms with Crippen molar-refractivity contribution in [2.45, 2.75) is 40.0 Å². The summed E-state index contributed by atoms with van der Waals surface area (Å²) in [6.45, 7) is 5.76. The molecule has 1 aromatic carbocycles. The topological polar surface area (TPSA) is 66.4 Å². The highest BCUT2D eigenvalue weighted by atomic mass is 16.4. The standard InChI is InChI=1S/C15H21NO3/c1-4-5-6-11(3)14(17)16-13-8-7-10(2)9-12(13)15(18)19/h7-9,11H,4-6H2,1-3H3,(H,16,17)(H,18,19). The van der Waals surface area contributed by atoms with Crippen LogP contribution in [0.5, 0.6) is 0 Å². The van der Waals surface area contributed by atoms with E-state index in [0.29, 0.717) is 5.69 Å². The van der Waals surface area contributed by atoms with Gasteiger partial charge in [0.05, 0.1) is 11.3 Å². The van der Waals surface area contributed by atoms with Crippen LogP contribution in [0.4, 0.5) is 5.69 Å². The van der Waals surface area contributed by atoms with Crippen LogP contribution in [0, 0.1) is 12.8 Å². The third kappa shape index (κ3) is 4.39. The lowest BCUT2D eigenvalue weighted by atomic mass is 10.0. The Labute approximate surface area is 113 Å². The molecule has 0 aromatic heterocycles. The number of hydrogen-bond donors (Lipinski definition) is 2. The number of amides is 1. The predicted molar refractivity (Wildman–Crippen MR) is 75.5 cm³/mol. The molecule has 0 aliphatic carbocycles. The van der Waals surface area contributed by atoms with E-state index in [-0.39, 0.29) is 17.4 Å². The van der Waals surface area contributed by atoms with Gasteiger partial charge in [0, 0.05) is 5.92 Å². The fourth-order valence-corrected chi connectivity index (χ4v) is 1.84. The van der Waals surface area contributed by atoms with Crippen molar-refractivity contribution in [2.24, 2.45) is 5.92 Å². The average Bonchev–Trinajstić information content (AvgIpc) is 2.37. The smallest absolute Gasteiger partial charge is 0.337 e. The Morgan fingerprint density at radius 2 is 2.05 bits per heavy atom. The zero-order chi connectivity index (χ0) is 14.4. The summed E-state index contributed by atoms with van der Waals surface area (Å²) >= 11 is 0. The first-order valence-corrected chi connectivity index (χ1v) is 6.60. The Kier molecular flexibility index (Phi) is 5.55. The van der Waals surface area contributed by atoms with E-state index in [1.165, 1.54) is 0 Å². The van der Waals surface area contributed by atoms with Gasteiger partial charge >= 0.3 is 5.97 Å². The molecule has 0 saturated carbocycles. The van der Waals surface area contributed by atoms with E-state index in [0.717, 1.165) is 24.8 Å². The zero-order valence-electron chi connectivity index (χ0n) is 11.7. The van der Waals surface area contributed by atoms with Crippen molar-refractivity contribution in [2.75, 3.05) is 5.32 Å². The maximum atomic E-state index is 12.0. The molecule has 4 nitrogen and oxygen atoms in total. The van der Waals surface area contributed by atoms with Gasteiger partial charge in [-0.25, -0.2) is 4.79 Å². The van der Waals surface area contributed by atoms with Crippen molar-refractivity contribution in [3.05, 3.63) is 29.3 Å². The monoisotopic (exact) mass is 263 g/mol. The Hall–Kier alpha value is -1.84. The Morgan fingerprint density at radius 1 is 1.37 bits per heavy atom.